The number of aromatic hydroxyl groups is 1. The maximum Gasteiger partial charge on any atom is 0.282 e. The Morgan fingerprint density at radius 1 is 1.32 bits per heavy atom. The van der Waals surface area contributed by atoms with E-state index in [1.165, 1.54) is 11.8 Å². The van der Waals surface area contributed by atoms with Crippen molar-refractivity contribution in [1.29, 1.82) is 0 Å². The SMILES string of the molecule is CC[C@@H](C)c1nc2ccc(Br)cc2c(=O)n1N=Cc1cc(Br)c(O)c(OC)c1. The number of hydrogen-bond acceptors (Lipinski definition) is 5. The maximum atomic E-state index is 13.1. The van der Waals surface area contributed by atoms with Gasteiger partial charge in [-0.25, -0.2) is 4.98 Å². The molecule has 0 amide bonds. The number of nitrogens with zero attached hydrogens (tertiary/aromatic N) is 3. The van der Waals surface area contributed by atoms with Gasteiger partial charge < -0.3 is 9.84 Å². The van der Waals surface area contributed by atoms with Crippen LogP contribution in [0.2, 0.25) is 0 Å². The van der Waals surface area contributed by atoms with Crippen LogP contribution in [0.15, 0.2) is 49.2 Å². The smallest absolute Gasteiger partial charge is 0.282 e. The quantitative estimate of drug-likeness (QED) is 0.490. The van der Waals surface area contributed by atoms with Crippen LogP contribution in [-0.2, 0) is 0 Å². The highest BCUT2D eigenvalue weighted by atomic mass is 79.9. The Kier molecular flexibility index (Phi) is 6.20. The van der Waals surface area contributed by atoms with Gasteiger partial charge >= 0.3 is 0 Å². The van der Waals surface area contributed by atoms with Gasteiger partial charge in [-0.2, -0.15) is 9.78 Å². The molecule has 2 aromatic carbocycles. The second kappa shape index (κ2) is 8.45. The molecule has 1 heterocycles. The molecule has 0 aliphatic heterocycles. The minimum absolute atomic E-state index is 0.00864. The van der Waals surface area contributed by atoms with Crippen LogP contribution in [0.1, 0.15) is 37.6 Å². The van der Waals surface area contributed by atoms with Crippen LogP contribution < -0.4 is 10.3 Å². The summed E-state index contributed by atoms with van der Waals surface area (Å²) >= 11 is 6.69. The average Bonchev–Trinajstić information content (AvgIpc) is 2.69. The van der Waals surface area contributed by atoms with E-state index in [1.54, 1.807) is 24.4 Å². The van der Waals surface area contributed by atoms with Crippen molar-refractivity contribution in [2.24, 2.45) is 5.10 Å². The van der Waals surface area contributed by atoms with E-state index >= 15 is 0 Å². The molecule has 146 valence electrons. The van der Waals surface area contributed by atoms with Crippen molar-refractivity contribution in [2.45, 2.75) is 26.2 Å². The second-order valence-electron chi connectivity index (χ2n) is 6.36. The first-order chi connectivity index (χ1) is 13.3. The summed E-state index contributed by atoms with van der Waals surface area (Å²) < 4.78 is 7.79. The summed E-state index contributed by atoms with van der Waals surface area (Å²) in [6, 6.07) is 8.77. The summed E-state index contributed by atoms with van der Waals surface area (Å²) in [5, 5.41) is 14.9. The Labute approximate surface area is 179 Å². The molecule has 1 aromatic heterocycles. The van der Waals surface area contributed by atoms with E-state index in [9.17, 15) is 9.90 Å². The molecular weight excluding hydrogens is 490 g/mol. The van der Waals surface area contributed by atoms with E-state index in [0.29, 0.717) is 32.5 Å². The Morgan fingerprint density at radius 3 is 2.75 bits per heavy atom. The largest absolute Gasteiger partial charge is 0.503 e. The van der Waals surface area contributed by atoms with Gasteiger partial charge in [0.2, 0.25) is 0 Å². The van der Waals surface area contributed by atoms with Crippen molar-refractivity contribution in [2.75, 3.05) is 7.11 Å². The van der Waals surface area contributed by atoms with Crippen LogP contribution in [-0.4, -0.2) is 28.1 Å². The number of fused-ring (bicyclic) bond motifs is 1. The average molecular weight is 509 g/mol. The third-order valence-corrected chi connectivity index (χ3v) is 5.58. The highest BCUT2D eigenvalue weighted by Gasteiger charge is 2.16. The third kappa shape index (κ3) is 3.98. The van der Waals surface area contributed by atoms with Crippen LogP contribution in [0.25, 0.3) is 10.9 Å². The lowest BCUT2D eigenvalue weighted by Gasteiger charge is -2.14. The molecular formula is C20H19Br2N3O3. The molecule has 0 saturated heterocycles. The molecule has 0 unspecified atom stereocenters. The van der Waals surface area contributed by atoms with Crippen molar-refractivity contribution in [3.63, 3.8) is 0 Å². The number of ether oxygens (including phenoxy) is 1. The van der Waals surface area contributed by atoms with Crippen molar-refractivity contribution < 1.29 is 9.84 Å². The molecule has 3 aromatic rings. The molecule has 0 aliphatic carbocycles. The summed E-state index contributed by atoms with van der Waals surface area (Å²) in [5.74, 6) is 0.975. The molecule has 8 heteroatoms. The Hall–Kier alpha value is -2.19. The number of benzene rings is 2. The first-order valence-electron chi connectivity index (χ1n) is 8.68. The molecule has 0 saturated carbocycles. The van der Waals surface area contributed by atoms with Crippen molar-refractivity contribution in [3.8, 4) is 11.5 Å². The zero-order valence-corrected chi connectivity index (χ0v) is 18.8. The van der Waals surface area contributed by atoms with Crippen LogP contribution >= 0.6 is 31.9 Å². The summed E-state index contributed by atoms with van der Waals surface area (Å²) in [6.45, 7) is 4.05. The fraction of sp³-hybridized carbons (Fsp3) is 0.250. The molecule has 0 spiro atoms. The first kappa shape index (κ1) is 20.5. The fourth-order valence-corrected chi connectivity index (χ4v) is 3.55. The van der Waals surface area contributed by atoms with Gasteiger partial charge in [0.1, 0.15) is 5.82 Å². The third-order valence-electron chi connectivity index (χ3n) is 4.48. The molecule has 3 rings (SSSR count). The molecule has 0 fully saturated rings. The minimum atomic E-state index is -0.234. The Morgan fingerprint density at radius 2 is 2.07 bits per heavy atom. The van der Waals surface area contributed by atoms with Crippen LogP contribution in [0, 0.1) is 0 Å². The van der Waals surface area contributed by atoms with Crippen LogP contribution in [0.3, 0.4) is 0 Å². The Balaban J connectivity index is 2.19. The van der Waals surface area contributed by atoms with E-state index in [4.69, 9.17) is 4.74 Å². The van der Waals surface area contributed by atoms with Gasteiger partial charge in [-0.15, -0.1) is 0 Å². The predicted molar refractivity (Wildman–Crippen MR) is 118 cm³/mol. The molecule has 6 nitrogen and oxygen atoms in total. The minimum Gasteiger partial charge on any atom is -0.503 e. The van der Waals surface area contributed by atoms with Crippen LogP contribution in [0.4, 0.5) is 0 Å². The highest BCUT2D eigenvalue weighted by molar-refractivity contribution is 9.10. The van der Waals surface area contributed by atoms with Gasteiger partial charge in [-0.1, -0.05) is 29.8 Å². The van der Waals surface area contributed by atoms with Gasteiger partial charge in [0.25, 0.3) is 5.56 Å². The number of phenols is 1. The van der Waals surface area contributed by atoms with E-state index in [-0.39, 0.29) is 17.2 Å². The number of rotatable bonds is 5. The lowest BCUT2D eigenvalue weighted by molar-refractivity contribution is 0.372. The van der Waals surface area contributed by atoms with Crippen molar-refractivity contribution in [3.05, 3.63) is 61.0 Å². The number of hydrogen-bond donors (Lipinski definition) is 1. The fourth-order valence-electron chi connectivity index (χ4n) is 2.73. The van der Waals surface area contributed by atoms with Crippen molar-refractivity contribution >= 4 is 49.0 Å². The summed E-state index contributed by atoms with van der Waals surface area (Å²) in [7, 11) is 1.47. The zero-order valence-electron chi connectivity index (χ0n) is 15.6. The van der Waals surface area contributed by atoms with E-state index in [1.807, 2.05) is 26.0 Å². The number of phenolic OH excluding ortho intramolecular Hbond substituents is 1. The lowest BCUT2D eigenvalue weighted by Crippen LogP contribution is -2.23. The summed E-state index contributed by atoms with van der Waals surface area (Å²) in [4.78, 5) is 17.8. The molecule has 0 aliphatic rings. The van der Waals surface area contributed by atoms with Gasteiger partial charge in [-0.3, -0.25) is 4.79 Å². The number of methoxy groups -OCH3 is 1. The number of halogens is 2. The van der Waals surface area contributed by atoms with Gasteiger partial charge in [0, 0.05) is 10.4 Å². The summed E-state index contributed by atoms with van der Waals surface area (Å²) in [6.07, 6.45) is 2.37. The topological polar surface area (TPSA) is 76.7 Å². The standard InChI is InChI=1S/C20H19Br2N3O3/c1-4-11(2)19-24-16-6-5-13(21)9-14(16)20(27)25(19)23-10-12-7-15(22)18(26)17(8-12)28-3/h5-11,26H,4H2,1-3H3/t11-/m1/s1. The maximum absolute atomic E-state index is 13.1. The van der Waals surface area contributed by atoms with Gasteiger partial charge in [0.05, 0.1) is 28.7 Å². The monoisotopic (exact) mass is 507 g/mol. The Bertz CT molecular complexity index is 1130. The predicted octanol–water partition coefficient (Wildman–Crippen LogP) is 5.03. The summed E-state index contributed by atoms with van der Waals surface area (Å²) in [5.41, 5.74) is 1.07. The van der Waals surface area contributed by atoms with E-state index in [0.717, 1.165) is 10.9 Å². The molecule has 1 N–H and O–H groups in total. The van der Waals surface area contributed by atoms with E-state index < -0.39 is 0 Å². The highest BCUT2D eigenvalue weighted by Crippen LogP contribution is 2.34. The molecule has 1 atom stereocenters. The van der Waals surface area contributed by atoms with Crippen molar-refractivity contribution in [1.82, 2.24) is 9.66 Å². The van der Waals surface area contributed by atoms with Gasteiger partial charge in [0.15, 0.2) is 11.5 Å². The normalized spacial score (nSPS) is 12.6. The molecule has 28 heavy (non-hydrogen) atoms. The number of aromatic nitrogens is 2. The van der Waals surface area contributed by atoms with Crippen LogP contribution in [0.5, 0.6) is 11.5 Å². The van der Waals surface area contributed by atoms with E-state index in [2.05, 4.69) is 41.9 Å². The first-order valence-corrected chi connectivity index (χ1v) is 10.3. The lowest BCUT2D eigenvalue weighted by atomic mass is 10.1. The zero-order chi connectivity index (χ0) is 20.4. The second-order valence-corrected chi connectivity index (χ2v) is 8.13. The molecule has 0 radical (unpaired) electrons. The van der Waals surface area contributed by atoms with Gasteiger partial charge in [-0.05, 0) is 58.2 Å². The molecule has 0 bridgehead atoms.